The fraction of sp³-hybridized carbons (Fsp3) is 0.533. The summed E-state index contributed by atoms with van der Waals surface area (Å²) in [5, 5.41) is 0. The molecule has 1 aromatic carbocycles. The van der Waals surface area contributed by atoms with Gasteiger partial charge in [0.25, 0.3) is 0 Å². The average Bonchev–Trinajstić information content (AvgIpc) is 2.77. The average molecular weight is 263 g/mol. The SMILES string of the molecule is COc1cc2c(cc1OC)CN(C(=O)C(C)(C)C)C2. The number of rotatable bonds is 2. The van der Waals surface area contributed by atoms with E-state index >= 15 is 0 Å². The molecule has 4 nitrogen and oxygen atoms in total. The molecule has 0 aromatic heterocycles. The van der Waals surface area contributed by atoms with E-state index in [0.717, 1.165) is 11.1 Å². The van der Waals surface area contributed by atoms with Crippen LogP contribution in [0.2, 0.25) is 0 Å². The van der Waals surface area contributed by atoms with Gasteiger partial charge in [-0.1, -0.05) is 20.8 Å². The summed E-state index contributed by atoms with van der Waals surface area (Å²) in [6, 6.07) is 3.92. The van der Waals surface area contributed by atoms with Crippen LogP contribution in [0.4, 0.5) is 0 Å². The summed E-state index contributed by atoms with van der Waals surface area (Å²) < 4.78 is 10.6. The van der Waals surface area contributed by atoms with Gasteiger partial charge in [0.2, 0.25) is 5.91 Å². The van der Waals surface area contributed by atoms with E-state index in [-0.39, 0.29) is 11.3 Å². The van der Waals surface area contributed by atoms with Crippen LogP contribution in [0.5, 0.6) is 11.5 Å². The minimum absolute atomic E-state index is 0.168. The standard InChI is InChI=1S/C15H21NO3/c1-15(2,3)14(17)16-8-10-6-12(18-4)13(19-5)7-11(10)9-16/h6-7H,8-9H2,1-5H3. The number of amides is 1. The Morgan fingerprint density at radius 2 is 1.47 bits per heavy atom. The van der Waals surface area contributed by atoms with Gasteiger partial charge in [-0.3, -0.25) is 4.79 Å². The molecule has 0 saturated carbocycles. The topological polar surface area (TPSA) is 38.8 Å². The minimum atomic E-state index is -0.351. The minimum Gasteiger partial charge on any atom is -0.493 e. The number of fused-ring (bicyclic) bond motifs is 1. The summed E-state index contributed by atoms with van der Waals surface area (Å²) in [5.41, 5.74) is 1.92. The van der Waals surface area contributed by atoms with Gasteiger partial charge in [-0.25, -0.2) is 0 Å². The van der Waals surface area contributed by atoms with Gasteiger partial charge in [0.15, 0.2) is 11.5 Å². The lowest BCUT2D eigenvalue weighted by Gasteiger charge is -2.25. The van der Waals surface area contributed by atoms with E-state index < -0.39 is 0 Å². The molecule has 1 heterocycles. The zero-order valence-electron chi connectivity index (χ0n) is 12.2. The van der Waals surface area contributed by atoms with Crippen molar-refractivity contribution in [2.75, 3.05) is 14.2 Å². The van der Waals surface area contributed by atoms with E-state index in [1.807, 2.05) is 37.8 Å². The number of nitrogens with zero attached hydrogens (tertiary/aromatic N) is 1. The number of benzene rings is 1. The molecule has 4 heteroatoms. The van der Waals surface area contributed by atoms with Crippen LogP contribution in [0.25, 0.3) is 0 Å². The van der Waals surface area contributed by atoms with Crippen molar-refractivity contribution < 1.29 is 14.3 Å². The van der Waals surface area contributed by atoms with Gasteiger partial charge < -0.3 is 14.4 Å². The fourth-order valence-corrected chi connectivity index (χ4v) is 2.34. The van der Waals surface area contributed by atoms with Crippen LogP contribution in [-0.2, 0) is 17.9 Å². The molecule has 19 heavy (non-hydrogen) atoms. The highest BCUT2D eigenvalue weighted by Gasteiger charge is 2.32. The molecular formula is C15H21NO3. The molecule has 104 valence electrons. The number of hydrogen-bond acceptors (Lipinski definition) is 3. The van der Waals surface area contributed by atoms with Gasteiger partial charge in [0, 0.05) is 18.5 Å². The Labute approximate surface area is 114 Å². The third-order valence-electron chi connectivity index (χ3n) is 3.36. The quantitative estimate of drug-likeness (QED) is 0.823. The van der Waals surface area contributed by atoms with Crippen LogP contribution in [0.3, 0.4) is 0 Å². The van der Waals surface area contributed by atoms with Gasteiger partial charge in [-0.15, -0.1) is 0 Å². The summed E-state index contributed by atoms with van der Waals surface area (Å²) in [7, 11) is 3.24. The van der Waals surface area contributed by atoms with E-state index in [9.17, 15) is 4.79 Å². The first kappa shape index (κ1) is 13.7. The van der Waals surface area contributed by atoms with E-state index in [4.69, 9.17) is 9.47 Å². The van der Waals surface area contributed by atoms with Gasteiger partial charge in [0.1, 0.15) is 0 Å². The first-order valence-corrected chi connectivity index (χ1v) is 6.40. The summed E-state index contributed by atoms with van der Waals surface area (Å²) in [6.45, 7) is 7.12. The first-order valence-electron chi connectivity index (χ1n) is 6.40. The molecular weight excluding hydrogens is 242 g/mol. The van der Waals surface area contributed by atoms with Crippen molar-refractivity contribution in [2.24, 2.45) is 5.41 Å². The van der Waals surface area contributed by atoms with Crippen LogP contribution in [0.1, 0.15) is 31.9 Å². The molecule has 0 saturated heterocycles. The predicted octanol–water partition coefficient (Wildman–Crippen LogP) is 2.59. The van der Waals surface area contributed by atoms with Crippen molar-refractivity contribution in [1.82, 2.24) is 4.90 Å². The summed E-state index contributed by atoms with van der Waals surface area (Å²) in [4.78, 5) is 14.2. The van der Waals surface area contributed by atoms with E-state index in [1.165, 1.54) is 0 Å². The lowest BCUT2D eigenvalue weighted by molar-refractivity contribution is -0.140. The molecule has 0 radical (unpaired) electrons. The second-order valence-corrected chi connectivity index (χ2v) is 5.89. The van der Waals surface area contributed by atoms with E-state index in [1.54, 1.807) is 14.2 Å². The number of ether oxygens (including phenoxy) is 2. The molecule has 0 aliphatic carbocycles. The molecule has 1 aliphatic rings. The molecule has 0 bridgehead atoms. The number of hydrogen-bond donors (Lipinski definition) is 0. The Morgan fingerprint density at radius 1 is 1.05 bits per heavy atom. The Bertz CT molecular complexity index is 470. The number of carbonyl (C=O) groups excluding carboxylic acids is 1. The van der Waals surface area contributed by atoms with Crippen LogP contribution >= 0.6 is 0 Å². The molecule has 0 N–H and O–H groups in total. The van der Waals surface area contributed by atoms with Gasteiger partial charge in [0.05, 0.1) is 14.2 Å². The Kier molecular flexibility index (Phi) is 3.43. The molecule has 0 unspecified atom stereocenters. The van der Waals surface area contributed by atoms with E-state index in [2.05, 4.69) is 0 Å². The maximum Gasteiger partial charge on any atom is 0.228 e. The summed E-state index contributed by atoms with van der Waals surface area (Å²) >= 11 is 0. The highest BCUT2D eigenvalue weighted by molar-refractivity contribution is 5.82. The lowest BCUT2D eigenvalue weighted by atomic mass is 9.95. The van der Waals surface area contributed by atoms with Crippen molar-refractivity contribution in [3.8, 4) is 11.5 Å². The molecule has 2 rings (SSSR count). The van der Waals surface area contributed by atoms with E-state index in [0.29, 0.717) is 24.6 Å². The molecule has 0 fully saturated rings. The molecule has 1 aromatic rings. The highest BCUT2D eigenvalue weighted by atomic mass is 16.5. The fourth-order valence-electron chi connectivity index (χ4n) is 2.34. The van der Waals surface area contributed by atoms with Crippen molar-refractivity contribution in [1.29, 1.82) is 0 Å². The van der Waals surface area contributed by atoms with Gasteiger partial charge in [-0.05, 0) is 23.3 Å². The van der Waals surface area contributed by atoms with Crippen LogP contribution in [0, 0.1) is 5.41 Å². The smallest absolute Gasteiger partial charge is 0.228 e. The Morgan fingerprint density at radius 3 is 1.79 bits per heavy atom. The van der Waals surface area contributed by atoms with Crippen LogP contribution in [-0.4, -0.2) is 25.0 Å². The van der Waals surface area contributed by atoms with Crippen molar-refractivity contribution in [3.63, 3.8) is 0 Å². The van der Waals surface area contributed by atoms with Crippen molar-refractivity contribution in [3.05, 3.63) is 23.3 Å². The van der Waals surface area contributed by atoms with Gasteiger partial charge >= 0.3 is 0 Å². The third kappa shape index (κ3) is 2.53. The first-order chi connectivity index (χ1) is 8.86. The normalized spacial score (nSPS) is 14.3. The highest BCUT2D eigenvalue weighted by Crippen LogP contribution is 2.36. The monoisotopic (exact) mass is 263 g/mol. The maximum absolute atomic E-state index is 12.3. The zero-order valence-corrected chi connectivity index (χ0v) is 12.2. The number of carbonyl (C=O) groups is 1. The third-order valence-corrected chi connectivity index (χ3v) is 3.36. The molecule has 0 atom stereocenters. The van der Waals surface area contributed by atoms with Crippen molar-refractivity contribution >= 4 is 5.91 Å². The van der Waals surface area contributed by atoms with Gasteiger partial charge in [-0.2, -0.15) is 0 Å². The second-order valence-electron chi connectivity index (χ2n) is 5.89. The molecule has 0 spiro atoms. The lowest BCUT2D eigenvalue weighted by Crippen LogP contribution is -2.35. The molecule has 1 amide bonds. The van der Waals surface area contributed by atoms with Crippen LogP contribution < -0.4 is 9.47 Å². The Balaban J connectivity index is 2.28. The summed E-state index contributed by atoms with van der Waals surface area (Å²) in [5.74, 6) is 1.60. The maximum atomic E-state index is 12.3. The predicted molar refractivity (Wildman–Crippen MR) is 73.3 cm³/mol. The number of methoxy groups -OCH3 is 2. The largest absolute Gasteiger partial charge is 0.493 e. The Hall–Kier alpha value is -1.71. The zero-order chi connectivity index (χ0) is 14.2. The van der Waals surface area contributed by atoms with Crippen LogP contribution in [0.15, 0.2) is 12.1 Å². The second kappa shape index (κ2) is 4.76. The van der Waals surface area contributed by atoms with Crippen molar-refractivity contribution in [2.45, 2.75) is 33.9 Å². The summed E-state index contributed by atoms with van der Waals surface area (Å²) in [6.07, 6.45) is 0. The molecule has 1 aliphatic heterocycles.